The van der Waals surface area contributed by atoms with Crippen molar-refractivity contribution in [3.05, 3.63) is 33.1 Å². The summed E-state index contributed by atoms with van der Waals surface area (Å²) in [5.41, 5.74) is 0.895. The maximum Gasteiger partial charge on any atom is 0.363 e. The second kappa shape index (κ2) is 4.75. The van der Waals surface area contributed by atoms with Crippen LogP contribution in [0.2, 0.25) is 0 Å². The van der Waals surface area contributed by atoms with Crippen LogP contribution in [0.3, 0.4) is 0 Å². The van der Waals surface area contributed by atoms with E-state index in [1.165, 1.54) is 5.54 Å². The van der Waals surface area contributed by atoms with Crippen LogP contribution < -0.4 is 0 Å². The van der Waals surface area contributed by atoms with Crippen LogP contribution in [0.25, 0.3) is 0 Å². The van der Waals surface area contributed by atoms with Crippen molar-refractivity contribution in [2.75, 3.05) is 0 Å². The van der Waals surface area contributed by atoms with Crippen molar-refractivity contribution in [2.24, 2.45) is 0 Å². The molecule has 0 aromatic carbocycles. The molecular weight excluding hydrogens is 238 g/mol. The summed E-state index contributed by atoms with van der Waals surface area (Å²) in [5, 5.41) is 22.8. The molecule has 0 bridgehead atoms. The largest absolute Gasteiger partial charge is 0.476 e. The van der Waals surface area contributed by atoms with E-state index in [9.17, 15) is 14.9 Å². The molecule has 16 heavy (non-hydrogen) atoms. The Balaban J connectivity index is 3.11. The predicted molar refractivity (Wildman–Crippen MR) is 55.5 cm³/mol. The molecule has 0 spiro atoms. The second-order valence-corrected chi connectivity index (χ2v) is 3.30. The highest BCUT2D eigenvalue weighted by Crippen LogP contribution is 2.17. The van der Waals surface area contributed by atoms with Crippen molar-refractivity contribution in [2.45, 2.75) is 13.5 Å². The predicted octanol–water partition coefficient (Wildman–Crippen LogP) is 1.63. The minimum Gasteiger partial charge on any atom is -0.476 e. The summed E-state index contributed by atoms with van der Waals surface area (Å²) in [7, 11) is 0. The van der Waals surface area contributed by atoms with Gasteiger partial charge in [-0.3, -0.25) is 14.8 Å². The van der Waals surface area contributed by atoms with Gasteiger partial charge in [-0.1, -0.05) is 11.6 Å². The van der Waals surface area contributed by atoms with Gasteiger partial charge in [0.25, 0.3) is 0 Å². The standard InChI is InChI=1S/C8H8ClN3O4/c1-5(2-9)3-11-4-6(12(15)16)7(10-11)8(13)14/h2,4H,3H2,1H3,(H,13,14)/b5-2-. The van der Waals surface area contributed by atoms with Crippen LogP contribution in [0.4, 0.5) is 5.69 Å². The fraction of sp³-hybridized carbons (Fsp3) is 0.250. The summed E-state index contributed by atoms with van der Waals surface area (Å²) in [6.07, 6.45) is 1.06. The van der Waals surface area contributed by atoms with E-state index in [-0.39, 0.29) is 6.54 Å². The number of nitrogens with zero attached hydrogens (tertiary/aromatic N) is 3. The summed E-state index contributed by atoms with van der Waals surface area (Å²) in [6, 6.07) is 0. The van der Waals surface area contributed by atoms with Crippen LogP contribution in [0.15, 0.2) is 17.3 Å². The van der Waals surface area contributed by atoms with E-state index < -0.39 is 22.3 Å². The van der Waals surface area contributed by atoms with E-state index >= 15 is 0 Å². The van der Waals surface area contributed by atoms with Crippen molar-refractivity contribution in [1.29, 1.82) is 0 Å². The first kappa shape index (κ1) is 12.2. The third kappa shape index (κ3) is 2.57. The molecule has 8 heteroatoms. The molecule has 0 fully saturated rings. The highest BCUT2D eigenvalue weighted by molar-refractivity contribution is 6.25. The maximum atomic E-state index is 10.7. The molecule has 1 aromatic rings. The van der Waals surface area contributed by atoms with Crippen molar-refractivity contribution in [1.82, 2.24) is 9.78 Å². The number of carboxylic acids is 1. The van der Waals surface area contributed by atoms with Gasteiger partial charge in [0.05, 0.1) is 11.5 Å². The zero-order valence-electron chi connectivity index (χ0n) is 8.25. The Morgan fingerprint density at radius 1 is 1.81 bits per heavy atom. The Labute approximate surface area is 95.1 Å². The van der Waals surface area contributed by atoms with Crippen molar-refractivity contribution in [3.63, 3.8) is 0 Å². The molecule has 0 aliphatic heterocycles. The van der Waals surface area contributed by atoms with E-state index in [1.54, 1.807) is 6.92 Å². The van der Waals surface area contributed by atoms with E-state index in [0.29, 0.717) is 5.57 Å². The molecule has 86 valence electrons. The number of aromatic nitrogens is 2. The number of rotatable bonds is 4. The number of nitro groups is 1. The Hall–Kier alpha value is -1.89. The van der Waals surface area contributed by atoms with Gasteiger partial charge in [-0.2, -0.15) is 5.10 Å². The molecule has 0 saturated carbocycles. The molecule has 7 nitrogen and oxygen atoms in total. The van der Waals surface area contributed by atoms with Gasteiger partial charge in [0.2, 0.25) is 5.69 Å². The molecule has 0 amide bonds. The van der Waals surface area contributed by atoms with Crippen LogP contribution in [0.1, 0.15) is 17.4 Å². The first-order valence-electron chi connectivity index (χ1n) is 4.16. The fourth-order valence-corrected chi connectivity index (χ4v) is 1.14. The Morgan fingerprint density at radius 2 is 2.44 bits per heavy atom. The molecule has 0 atom stereocenters. The molecule has 0 aliphatic carbocycles. The molecule has 0 aliphatic rings. The summed E-state index contributed by atoms with van der Waals surface area (Å²) >= 11 is 5.42. The Kier molecular flexibility index (Phi) is 3.62. The fourth-order valence-electron chi connectivity index (χ4n) is 1.07. The van der Waals surface area contributed by atoms with E-state index in [4.69, 9.17) is 16.7 Å². The molecule has 1 heterocycles. The van der Waals surface area contributed by atoms with E-state index in [1.807, 2.05) is 0 Å². The number of aromatic carboxylic acids is 1. The van der Waals surface area contributed by atoms with Crippen LogP contribution in [-0.2, 0) is 6.54 Å². The van der Waals surface area contributed by atoms with E-state index in [2.05, 4.69) is 5.10 Å². The minimum atomic E-state index is -1.43. The summed E-state index contributed by atoms with van der Waals surface area (Å²) < 4.78 is 1.16. The number of hydrogen-bond acceptors (Lipinski definition) is 4. The number of allylic oxidation sites excluding steroid dienone is 1. The van der Waals surface area contributed by atoms with Crippen molar-refractivity contribution in [3.8, 4) is 0 Å². The van der Waals surface area contributed by atoms with Crippen molar-refractivity contribution >= 4 is 23.3 Å². The van der Waals surface area contributed by atoms with Gasteiger partial charge < -0.3 is 5.11 Å². The van der Waals surface area contributed by atoms with E-state index in [0.717, 1.165) is 10.9 Å². The minimum absolute atomic E-state index is 0.206. The number of halogens is 1. The Bertz CT molecular complexity index is 434. The highest BCUT2D eigenvalue weighted by atomic mass is 35.5. The topological polar surface area (TPSA) is 98.3 Å². The molecule has 0 saturated heterocycles. The number of hydrogen-bond donors (Lipinski definition) is 1. The summed E-state index contributed by atoms with van der Waals surface area (Å²) in [6.45, 7) is 1.90. The third-order valence-electron chi connectivity index (χ3n) is 1.74. The van der Waals surface area contributed by atoms with Gasteiger partial charge in [0.15, 0.2) is 0 Å². The molecule has 1 N–H and O–H groups in total. The number of carbonyl (C=O) groups is 1. The maximum absolute atomic E-state index is 10.7. The zero-order valence-corrected chi connectivity index (χ0v) is 9.01. The third-order valence-corrected chi connectivity index (χ3v) is 2.11. The normalized spacial score (nSPS) is 11.5. The molecule has 0 radical (unpaired) electrons. The molecule has 1 aromatic heterocycles. The SMILES string of the molecule is C/C(=C/Cl)Cn1cc([N+](=O)[O-])c(C(=O)O)n1. The lowest BCUT2D eigenvalue weighted by Crippen LogP contribution is -2.04. The average molecular weight is 246 g/mol. The van der Waals surface area contributed by atoms with Crippen LogP contribution >= 0.6 is 11.6 Å². The Morgan fingerprint density at radius 3 is 2.81 bits per heavy atom. The van der Waals surface area contributed by atoms with Gasteiger partial charge >= 0.3 is 11.7 Å². The lowest BCUT2D eigenvalue weighted by Gasteiger charge is -1.97. The van der Waals surface area contributed by atoms with Gasteiger partial charge in [0, 0.05) is 5.54 Å². The molecular formula is C8H8ClN3O4. The van der Waals surface area contributed by atoms with Gasteiger partial charge in [0.1, 0.15) is 6.20 Å². The van der Waals surface area contributed by atoms with Gasteiger partial charge in [-0.15, -0.1) is 0 Å². The quantitative estimate of drug-likeness (QED) is 0.642. The molecule has 0 unspecified atom stereocenters. The monoisotopic (exact) mass is 245 g/mol. The average Bonchev–Trinajstić information content (AvgIpc) is 2.61. The number of carboxylic acid groups (broad SMARTS) is 1. The van der Waals surface area contributed by atoms with Crippen LogP contribution in [-0.4, -0.2) is 25.8 Å². The summed E-state index contributed by atoms with van der Waals surface area (Å²) in [5.74, 6) is -1.43. The first-order valence-corrected chi connectivity index (χ1v) is 4.60. The second-order valence-electron chi connectivity index (χ2n) is 3.08. The lowest BCUT2D eigenvalue weighted by atomic mass is 10.3. The van der Waals surface area contributed by atoms with Gasteiger partial charge in [-0.05, 0) is 12.5 Å². The first-order chi connectivity index (χ1) is 7.45. The smallest absolute Gasteiger partial charge is 0.363 e. The lowest BCUT2D eigenvalue weighted by molar-refractivity contribution is -0.385. The van der Waals surface area contributed by atoms with Crippen LogP contribution in [0.5, 0.6) is 0 Å². The highest BCUT2D eigenvalue weighted by Gasteiger charge is 2.24. The molecule has 1 rings (SSSR count). The zero-order chi connectivity index (χ0) is 12.3. The van der Waals surface area contributed by atoms with Crippen molar-refractivity contribution < 1.29 is 14.8 Å². The van der Waals surface area contributed by atoms with Gasteiger partial charge in [-0.25, -0.2) is 4.79 Å². The van der Waals surface area contributed by atoms with Crippen LogP contribution in [0, 0.1) is 10.1 Å². The summed E-state index contributed by atoms with van der Waals surface area (Å²) in [4.78, 5) is 20.4.